The van der Waals surface area contributed by atoms with Gasteiger partial charge in [0.1, 0.15) is 0 Å². The molecule has 28 heavy (non-hydrogen) atoms. The predicted molar refractivity (Wildman–Crippen MR) is 106 cm³/mol. The van der Waals surface area contributed by atoms with Gasteiger partial charge in [0.15, 0.2) is 23.9 Å². The van der Waals surface area contributed by atoms with Crippen LogP contribution < -0.4 is 19.5 Å². The van der Waals surface area contributed by atoms with Gasteiger partial charge >= 0.3 is 0 Å². The Morgan fingerprint density at radius 1 is 1.04 bits per heavy atom. The average molecular weight is 381 g/mol. The molecule has 1 N–H and O–H groups in total. The molecule has 1 heterocycles. The maximum Gasteiger partial charge on any atom is 0.276 e. The lowest BCUT2D eigenvalue weighted by atomic mass is 10.1. The normalized spacial score (nSPS) is 10.4. The smallest absolute Gasteiger partial charge is 0.276 e. The summed E-state index contributed by atoms with van der Waals surface area (Å²) in [4.78, 5) is 12.4. The fourth-order valence-electron chi connectivity index (χ4n) is 2.66. The highest BCUT2D eigenvalue weighted by atomic mass is 16.5. The van der Waals surface area contributed by atoms with Crippen LogP contribution in [0.1, 0.15) is 23.0 Å². The van der Waals surface area contributed by atoms with E-state index < -0.39 is 0 Å². The quantitative estimate of drug-likeness (QED) is 0.643. The molecule has 0 saturated heterocycles. The molecule has 0 unspecified atom stereocenters. The number of nitrogens with zero attached hydrogens (tertiary/aromatic N) is 2. The van der Waals surface area contributed by atoms with E-state index in [1.165, 1.54) is 10.2 Å². The van der Waals surface area contributed by atoms with Crippen LogP contribution in [0, 0.1) is 0 Å². The van der Waals surface area contributed by atoms with Crippen molar-refractivity contribution in [2.75, 3.05) is 19.5 Å². The average Bonchev–Trinajstić information content (AvgIpc) is 3.21. The van der Waals surface area contributed by atoms with Crippen LogP contribution in [-0.2, 0) is 13.2 Å². The second-order valence-electron chi connectivity index (χ2n) is 6.01. The molecular formula is C21H23N3O4. The van der Waals surface area contributed by atoms with Crippen LogP contribution in [0.3, 0.4) is 0 Å². The third kappa shape index (κ3) is 4.43. The Labute approximate surface area is 163 Å². The molecule has 0 aliphatic carbocycles. The number of hydrogen-bond acceptors (Lipinski definition) is 5. The highest BCUT2D eigenvalue weighted by Gasteiger charge is 2.13. The van der Waals surface area contributed by atoms with Gasteiger partial charge in [0.2, 0.25) is 5.75 Å². The number of carbonyl (C=O) groups excluding carboxylic acids is 1. The molecule has 3 rings (SSSR count). The van der Waals surface area contributed by atoms with E-state index in [9.17, 15) is 4.79 Å². The molecule has 0 aliphatic rings. The minimum absolute atomic E-state index is 0.106. The number of methoxy groups -OCH3 is 2. The number of hydrogen-bond donors (Lipinski definition) is 1. The molecule has 146 valence electrons. The molecule has 2 aromatic carbocycles. The zero-order chi connectivity index (χ0) is 19.9. The summed E-state index contributed by atoms with van der Waals surface area (Å²) in [5, 5.41) is 7.10. The number of carbonyl (C=O) groups is 1. The lowest BCUT2D eigenvalue weighted by Gasteiger charge is -2.13. The Kier molecular flexibility index (Phi) is 6.16. The summed E-state index contributed by atoms with van der Waals surface area (Å²) in [6, 6.07) is 14.8. The van der Waals surface area contributed by atoms with Crippen LogP contribution in [-0.4, -0.2) is 29.9 Å². The lowest BCUT2D eigenvalue weighted by molar-refractivity contribution is 0.102. The minimum atomic E-state index is -0.280. The molecule has 0 bridgehead atoms. The third-order valence-electron chi connectivity index (χ3n) is 4.22. The predicted octanol–water partition coefficient (Wildman–Crippen LogP) is 3.75. The van der Waals surface area contributed by atoms with E-state index in [4.69, 9.17) is 14.2 Å². The van der Waals surface area contributed by atoms with Crippen molar-refractivity contribution in [3.05, 3.63) is 66.0 Å². The zero-order valence-corrected chi connectivity index (χ0v) is 16.1. The topological polar surface area (TPSA) is 74.6 Å². The highest BCUT2D eigenvalue weighted by molar-refractivity contribution is 6.02. The molecule has 0 fully saturated rings. The Hall–Kier alpha value is -3.48. The highest BCUT2D eigenvalue weighted by Crippen LogP contribution is 2.36. The molecule has 3 aromatic rings. The Morgan fingerprint density at radius 3 is 2.32 bits per heavy atom. The largest absolute Gasteiger partial charge is 0.493 e. The number of aromatic nitrogens is 2. The Balaban J connectivity index is 1.65. The van der Waals surface area contributed by atoms with E-state index >= 15 is 0 Å². The van der Waals surface area contributed by atoms with Gasteiger partial charge < -0.3 is 19.5 Å². The first-order valence-electron chi connectivity index (χ1n) is 8.92. The van der Waals surface area contributed by atoms with Gasteiger partial charge in [-0.25, -0.2) is 4.68 Å². The van der Waals surface area contributed by atoms with Crippen LogP contribution in [0.25, 0.3) is 0 Å². The van der Waals surface area contributed by atoms with Gasteiger partial charge in [-0.2, -0.15) is 5.10 Å². The van der Waals surface area contributed by atoms with Crippen molar-refractivity contribution in [3.8, 4) is 17.2 Å². The monoisotopic (exact) mass is 381 g/mol. The fourth-order valence-corrected chi connectivity index (χ4v) is 2.66. The number of nitrogens with one attached hydrogen (secondary N) is 1. The van der Waals surface area contributed by atoms with Crippen molar-refractivity contribution in [3.63, 3.8) is 0 Å². The van der Waals surface area contributed by atoms with E-state index in [0.717, 1.165) is 12.1 Å². The van der Waals surface area contributed by atoms with Crippen molar-refractivity contribution < 1.29 is 19.0 Å². The van der Waals surface area contributed by atoms with Gasteiger partial charge in [0.25, 0.3) is 5.91 Å². The number of aryl methyl sites for hydroxylation is 1. The standard InChI is InChI=1S/C21H23N3O4/c1-4-15-8-10-16(11-9-15)22-21(25)17-12-13-24(23-17)14-28-20-18(26-2)6-5-7-19(20)27-3/h5-13H,4,14H2,1-3H3,(H,22,25). The van der Waals surface area contributed by atoms with E-state index in [0.29, 0.717) is 22.9 Å². The van der Waals surface area contributed by atoms with Gasteiger partial charge in [-0.15, -0.1) is 0 Å². The Bertz CT molecular complexity index is 913. The van der Waals surface area contributed by atoms with Gasteiger partial charge in [0.05, 0.1) is 14.2 Å². The summed E-state index contributed by atoms with van der Waals surface area (Å²) in [5.41, 5.74) is 2.24. The number of rotatable bonds is 8. The van der Waals surface area contributed by atoms with Gasteiger partial charge in [-0.3, -0.25) is 4.79 Å². The summed E-state index contributed by atoms with van der Waals surface area (Å²) < 4.78 is 17.9. The number of amides is 1. The van der Waals surface area contributed by atoms with Gasteiger partial charge in [-0.1, -0.05) is 25.1 Å². The van der Waals surface area contributed by atoms with E-state index in [1.54, 1.807) is 38.6 Å². The molecular weight excluding hydrogens is 358 g/mol. The van der Waals surface area contributed by atoms with Crippen LogP contribution >= 0.6 is 0 Å². The molecule has 0 saturated carbocycles. The molecule has 0 spiro atoms. The molecule has 1 aromatic heterocycles. The number of benzene rings is 2. The van der Waals surface area contributed by atoms with Crippen molar-refractivity contribution >= 4 is 11.6 Å². The zero-order valence-electron chi connectivity index (χ0n) is 16.1. The molecule has 1 amide bonds. The first-order valence-corrected chi connectivity index (χ1v) is 8.92. The minimum Gasteiger partial charge on any atom is -0.493 e. The van der Waals surface area contributed by atoms with Gasteiger partial charge in [0, 0.05) is 11.9 Å². The third-order valence-corrected chi connectivity index (χ3v) is 4.22. The molecule has 0 radical (unpaired) electrons. The van der Waals surface area contributed by atoms with Crippen LogP contribution in [0.5, 0.6) is 17.2 Å². The first-order chi connectivity index (χ1) is 13.6. The molecule has 7 nitrogen and oxygen atoms in total. The SMILES string of the molecule is CCc1ccc(NC(=O)c2ccn(COc3c(OC)cccc3OC)n2)cc1. The first kappa shape index (κ1) is 19.3. The summed E-state index contributed by atoms with van der Waals surface area (Å²) in [7, 11) is 3.12. The number of anilines is 1. The number of ether oxygens (including phenoxy) is 3. The maximum absolute atomic E-state index is 12.4. The summed E-state index contributed by atoms with van der Waals surface area (Å²) >= 11 is 0. The van der Waals surface area contributed by atoms with E-state index in [1.807, 2.05) is 30.3 Å². The Morgan fingerprint density at radius 2 is 1.71 bits per heavy atom. The summed E-state index contributed by atoms with van der Waals surface area (Å²) in [5.74, 6) is 1.31. The second-order valence-corrected chi connectivity index (χ2v) is 6.01. The van der Waals surface area contributed by atoms with Crippen molar-refractivity contribution in [2.45, 2.75) is 20.1 Å². The summed E-state index contributed by atoms with van der Waals surface area (Å²) in [6.07, 6.45) is 2.63. The maximum atomic E-state index is 12.4. The summed E-state index contributed by atoms with van der Waals surface area (Å²) in [6.45, 7) is 2.19. The van der Waals surface area contributed by atoms with Crippen molar-refractivity contribution in [2.24, 2.45) is 0 Å². The van der Waals surface area contributed by atoms with Gasteiger partial charge in [-0.05, 0) is 42.3 Å². The van der Waals surface area contributed by atoms with E-state index in [-0.39, 0.29) is 12.6 Å². The van der Waals surface area contributed by atoms with Crippen LogP contribution in [0.2, 0.25) is 0 Å². The lowest BCUT2D eigenvalue weighted by Crippen LogP contribution is -2.14. The van der Waals surface area contributed by atoms with Crippen LogP contribution in [0.15, 0.2) is 54.7 Å². The van der Waals surface area contributed by atoms with E-state index in [2.05, 4.69) is 17.3 Å². The number of para-hydroxylation sites is 1. The fraction of sp³-hybridized carbons (Fsp3) is 0.238. The van der Waals surface area contributed by atoms with Crippen molar-refractivity contribution in [1.82, 2.24) is 9.78 Å². The molecule has 0 atom stereocenters. The van der Waals surface area contributed by atoms with Crippen LogP contribution in [0.4, 0.5) is 5.69 Å². The van der Waals surface area contributed by atoms with Crippen molar-refractivity contribution in [1.29, 1.82) is 0 Å². The molecule has 0 aliphatic heterocycles. The second kappa shape index (κ2) is 8.94. The molecule has 7 heteroatoms.